The Balaban J connectivity index is 1.40. The highest BCUT2D eigenvalue weighted by Crippen LogP contribution is 2.38. The molecule has 50 heavy (non-hydrogen) atoms. The third-order valence-corrected chi connectivity index (χ3v) is 10.0. The van der Waals surface area contributed by atoms with Crippen LogP contribution in [0, 0.1) is 10.1 Å². The summed E-state index contributed by atoms with van der Waals surface area (Å²) >= 11 is 14.4. The maximum atomic E-state index is 14.1. The molecule has 0 unspecified atom stereocenters. The molecule has 1 aliphatic heterocycles. The Kier molecular flexibility index (Phi) is 10.1. The number of benzene rings is 3. The number of ether oxygens (including phenoxy) is 3. The number of hydrogen-bond donors (Lipinski definition) is 1. The largest absolute Gasteiger partial charge is 0.497 e. The highest BCUT2D eigenvalue weighted by atomic mass is 35.5. The summed E-state index contributed by atoms with van der Waals surface area (Å²) in [6, 6.07) is 13.7. The lowest BCUT2D eigenvalue weighted by Gasteiger charge is -2.26. The first kappa shape index (κ1) is 34.9. The van der Waals surface area contributed by atoms with Gasteiger partial charge in [0.15, 0.2) is 10.6 Å². The van der Waals surface area contributed by atoms with Crippen molar-refractivity contribution >= 4 is 64.0 Å². The van der Waals surface area contributed by atoms with Gasteiger partial charge in [0.05, 0.1) is 51.5 Å². The Morgan fingerprint density at radius 1 is 1.14 bits per heavy atom. The van der Waals surface area contributed by atoms with E-state index in [1.165, 1.54) is 24.9 Å². The van der Waals surface area contributed by atoms with Gasteiger partial charge in [-0.05, 0) is 73.6 Å². The van der Waals surface area contributed by atoms with Crippen LogP contribution in [0.1, 0.15) is 31.0 Å². The normalized spacial score (nSPS) is 14.3. The molecule has 3 aromatic carbocycles. The van der Waals surface area contributed by atoms with Gasteiger partial charge in [0, 0.05) is 28.3 Å². The molecule has 0 radical (unpaired) electrons. The van der Waals surface area contributed by atoms with E-state index in [9.17, 15) is 19.7 Å². The van der Waals surface area contributed by atoms with Crippen molar-refractivity contribution in [1.29, 1.82) is 0 Å². The Morgan fingerprint density at radius 2 is 1.94 bits per heavy atom. The van der Waals surface area contributed by atoms with E-state index >= 15 is 0 Å². The molecule has 0 fully saturated rings. The number of fused-ring (bicyclic) bond motifs is 1. The first-order valence-corrected chi connectivity index (χ1v) is 17.2. The van der Waals surface area contributed by atoms with Gasteiger partial charge in [0.25, 0.3) is 11.2 Å². The van der Waals surface area contributed by atoms with Crippen molar-refractivity contribution in [2.24, 2.45) is 4.99 Å². The molecule has 0 saturated heterocycles. The van der Waals surface area contributed by atoms with Crippen molar-refractivity contribution in [2.75, 3.05) is 20.8 Å². The van der Waals surface area contributed by atoms with Crippen molar-refractivity contribution in [3.8, 4) is 22.9 Å². The average molecular weight is 754 g/mol. The summed E-state index contributed by atoms with van der Waals surface area (Å²) in [4.78, 5) is 48.7. The maximum Gasteiger partial charge on any atom is 0.338 e. The number of hydrogen-bond acceptors (Lipinski definition) is 12. The fraction of sp³-hybridized carbons (Fsp3) is 0.182. The Morgan fingerprint density at radius 3 is 2.64 bits per heavy atom. The predicted molar refractivity (Wildman–Crippen MR) is 189 cm³/mol. The molecule has 13 nitrogen and oxygen atoms in total. The number of allylic oxidation sites excluding steroid dienone is 1. The van der Waals surface area contributed by atoms with Crippen LogP contribution in [0.5, 0.6) is 11.5 Å². The van der Waals surface area contributed by atoms with Crippen molar-refractivity contribution in [3.05, 3.63) is 117 Å². The van der Waals surface area contributed by atoms with Gasteiger partial charge < -0.3 is 14.2 Å². The second-order valence-corrected chi connectivity index (χ2v) is 13.4. The van der Waals surface area contributed by atoms with Crippen LogP contribution in [0.15, 0.2) is 85.7 Å². The van der Waals surface area contributed by atoms with Crippen molar-refractivity contribution < 1.29 is 23.9 Å². The second-order valence-electron chi connectivity index (χ2n) is 10.6. The van der Waals surface area contributed by atoms with E-state index in [4.69, 9.17) is 37.4 Å². The Labute approximate surface area is 302 Å². The molecule has 0 spiro atoms. The van der Waals surface area contributed by atoms with Crippen molar-refractivity contribution in [1.82, 2.24) is 19.7 Å². The summed E-state index contributed by atoms with van der Waals surface area (Å²) in [7, 11) is 3.00. The highest BCUT2D eigenvalue weighted by Gasteiger charge is 2.35. The van der Waals surface area contributed by atoms with Gasteiger partial charge in [-0.15, -0.1) is 5.10 Å². The molecule has 17 heteroatoms. The van der Waals surface area contributed by atoms with Crippen LogP contribution in [0.2, 0.25) is 10.0 Å². The molecule has 6 rings (SSSR count). The zero-order valence-electron chi connectivity index (χ0n) is 26.7. The van der Waals surface area contributed by atoms with E-state index in [1.54, 1.807) is 68.5 Å². The molecule has 1 aliphatic rings. The van der Waals surface area contributed by atoms with Crippen molar-refractivity contribution in [2.45, 2.75) is 29.9 Å². The zero-order valence-corrected chi connectivity index (χ0v) is 29.9. The highest BCUT2D eigenvalue weighted by molar-refractivity contribution is 7.99. The topological polar surface area (TPSA) is 164 Å². The van der Waals surface area contributed by atoms with Crippen LogP contribution in [-0.4, -0.2) is 51.5 Å². The number of rotatable bonds is 10. The molecule has 0 aliphatic carbocycles. The number of nitrogens with one attached hydrogen (secondary N) is 1. The minimum absolute atomic E-state index is 0.119. The third-order valence-electron chi connectivity index (χ3n) is 7.58. The number of nitro benzene ring substituents is 1. The van der Waals surface area contributed by atoms with E-state index in [2.05, 4.69) is 20.2 Å². The van der Waals surface area contributed by atoms with Crippen molar-refractivity contribution in [3.63, 3.8) is 0 Å². The number of carbonyl (C=O) groups is 1. The van der Waals surface area contributed by atoms with Gasteiger partial charge >= 0.3 is 5.97 Å². The SMILES string of the molecule is CCOC(=O)C1=C(C)N=c2s/c(=C/c3ccc(Sc4n[nH]c(-c5ccc(Cl)cc5Cl)n4)c([N+](=O)[O-])c3)c(=O)n2[C@H]1c1ccc(OC)cc1OC. The zero-order chi connectivity index (χ0) is 35.7. The van der Waals surface area contributed by atoms with E-state index in [1.807, 2.05) is 0 Å². The number of halogens is 2. The molecular weight excluding hydrogens is 727 g/mol. The molecule has 1 atom stereocenters. The van der Waals surface area contributed by atoms with Crippen LogP contribution in [0.4, 0.5) is 5.69 Å². The molecule has 1 N–H and O–H groups in total. The Bertz CT molecular complexity index is 2390. The predicted octanol–water partition coefficient (Wildman–Crippen LogP) is 5.97. The molecule has 0 bridgehead atoms. The van der Waals surface area contributed by atoms with E-state index in [0.717, 1.165) is 23.1 Å². The van der Waals surface area contributed by atoms with Gasteiger partial charge in [-0.3, -0.25) is 24.6 Å². The maximum absolute atomic E-state index is 14.1. The van der Waals surface area contributed by atoms with Gasteiger partial charge in [-0.2, -0.15) is 0 Å². The minimum Gasteiger partial charge on any atom is -0.497 e. The summed E-state index contributed by atoms with van der Waals surface area (Å²) in [5.41, 5.74) is 1.37. The second kappa shape index (κ2) is 14.5. The molecule has 0 amide bonds. The minimum atomic E-state index is -0.935. The summed E-state index contributed by atoms with van der Waals surface area (Å²) in [5, 5.41) is 20.2. The average Bonchev–Trinajstić information content (AvgIpc) is 3.67. The van der Waals surface area contributed by atoms with E-state index < -0.39 is 22.5 Å². The first-order chi connectivity index (χ1) is 24.0. The van der Waals surface area contributed by atoms with Crippen LogP contribution in [0.3, 0.4) is 0 Å². The third kappa shape index (κ3) is 6.76. The Hall–Kier alpha value is -4.96. The van der Waals surface area contributed by atoms with Gasteiger partial charge in [-0.1, -0.05) is 40.6 Å². The lowest BCUT2D eigenvalue weighted by Crippen LogP contribution is -2.40. The summed E-state index contributed by atoms with van der Waals surface area (Å²) in [6.07, 6.45) is 1.55. The molecule has 0 saturated carbocycles. The first-order valence-electron chi connectivity index (χ1n) is 14.8. The van der Waals surface area contributed by atoms with E-state index in [0.29, 0.717) is 54.6 Å². The number of H-pyrrole nitrogens is 1. The number of thiazole rings is 1. The monoisotopic (exact) mass is 752 g/mol. The number of methoxy groups -OCH3 is 2. The molecule has 256 valence electrons. The molecule has 5 aromatic rings. The van der Waals surface area contributed by atoms with Gasteiger partial charge in [-0.25, -0.2) is 14.8 Å². The van der Waals surface area contributed by atoms with Crippen LogP contribution >= 0.6 is 46.3 Å². The lowest BCUT2D eigenvalue weighted by atomic mass is 9.95. The summed E-state index contributed by atoms with van der Waals surface area (Å²) in [6.45, 7) is 3.48. The number of nitro groups is 1. The quantitative estimate of drug-likeness (QED) is 0.102. The smallest absolute Gasteiger partial charge is 0.338 e. The fourth-order valence-corrected chi connectivity index (χ4v) is 7.67. The van der Waals surface area contributed by atoms with Crippen LogP contribution in [-0.2, 0) is 9.53 Å². The van der Waals surface area contributed by atoms with Crippen LogP contribution < -0.4 is 24.4 Å². The fourth-order valence-electron chi connectivity index (χ4n) is 5.33. The molecule has 3 heterocycles. The number of aromatic amines is 1. The number of aromatic nitrogens is 4. The lowest BCUT2D eigenvalue weighted by molar-refractivity contribution is -0.387. The summed E-state index contributed by atoms with van der Waals surface area (Å²) < 4.78 is 18.0. The summed E-state index contributed by atoms with van der Waals surface area (Å²) in [5.74, 6) is 0.660. The van der Waals surface area contributed by atoms with E-state index in [-0.39, 0.29) is 32.5 Å². The molecule has 2 aromatic heterocycles. The number of esters is 1. The number of carbonyl (C=O) groups excluding carboxylic acids is 1. The number of nitrogens with zero attached hydrogens (tertiary/aromatic N) is 5. The molecular formula is C33H26Cl2N6O7S2. The van der Waals surface area contributed by atoms with Crippen LogP contribution in [0.25, 0.3) is 17.5 Å². The van der Waals surface area contributed by atoms with Gasteiger partial charge in [0.1, 0.15) is 17.5 Å². The standard InChI is InChI=1S/C33H26Cl2N6O7S2/c1-5-48-31(43)27-16(2)36-33-40(28(27)21-10-8-19(46-3)15-24(21)47-4)30(42)26(50-33)13-17-6-11-25(23(12-17)41(44)45)49-32-37-29(38-39-32)20-9-7-18(34)14-22(20)35/h6-15,28H,5H2,1-4H3,(H,37,38,39)/b26-13+/t28-/m0/s1. The van der Waals surface area contributed by atoms with Gasteiger partial charge in [0.2, 0.25) is 5.16 Å².